The zero-order valence-corrected chi connectivity index (χ0v) is 14.7. The number of hydrogen-bond acceptors (Lipinski definition) is 6. The Kier molecular flexibility index (Phi) is 3.94. The van der Waals surface area contributed by atoms with Crippen LogP contribution >= 0.6 is 0 Å². The highest BCUT2D eigenvalue weighted by Gasteiger charge is 2.45. The van der Waals surface area contributed by atoms with E-state index in [4.69, 9.17) is 5.73 Å². The summed E-state index contributed by atoms with van der Waals surface area (Å²) >= 11 is 0. The van der Waals surface area contributed by atoms with Gasteiger partial charge in [-0.3, -0.25) is 14.2 Å². The van der Waals surface area contributed by atoms with Gasteiger partial charge in [-0.15, -0.1) is 0 Å². The summed E-state index contributed by atoms with van der Waals surface area (Å²) in [6, 6.07) is 3.08. The number of nitrogens with two attached hydrogens (primary N) is 1. The van der Waals surface area contributed by atoms with E-state index in [1.54, 1.807) is 19.1 Å². The molecule has 2 aromatic heterocycles. The molecule has 2 atom stereocenters. The molecule has 1 amide bonds. The topological polar surface area (TPSA) is 115 Å². The number of aromatic nitrogens is 3. The van der Waals surface area contributed by atoms with E-state index in [0.717, 1.165) is 0 Å². The molecule has 2 aliphatic rings. The first kappa shape index (κ1) is 17.2. The Morgan fingerprint density at radius 1 is 1.37 bits per heavy atom. The normalized spacial score (nSPS) is 23.8. The summed E-state index contributed by atoms with van der Waals surface area (Å²) in [7, 11) is 0. The number of rotatable bonds is 2. The number of anilines is 3. The van der Waals surface area contributed by atoms with E-state index in [-0.39, 0.29) is 29.5 Å². The van der Waals surface area contributed by atoms with Gasteiger partial charge >= 0.3 is 0 Å². The number of nitrogens with zero attached hydrogens (tertiary/aromatic N) is 3. The number of allylic oxidation sites excluding steroid dienone is 1. The number of alkyl halides is 1. The largest absolute Gasteiger partial charge is 0.384 e. The van der Waals surface area contributed by atoms with E-state index in [9.17, 15) is 14.0 Å². The molecule has 0 radical (unpaired) electrons. The molecule has 1 aliphatic carbocycles. The van der Waals surface area contributed by atoms with Crippen LogP contribution in [0.3, 0.4) is 0 Å². The fourth-order valence-electron chi connectivity index (χ4n) is 3.71. The van der Waals surface area contributed by atoms with Crippen LogP contribution in [-0.2, 0) is 5.66 Å². The lowest BCUT2D eigenvalue weighted by atomic mass is 10.0. The van der Waals surface area contributed by atoms with Crippen molar-refractivity contribution in [3.05, 3.63) is 52.2 Å². The molecule has 1 aliphatic heterocycles. The maximum atomic E-state index is 14.3. The number of nitrogens with one attached hydrogen (secondary N) is 2. The van der Waals surface area contributed by atoms with Gasteiger partial charge in [0.15, 0.2) is 0 Å². The zero-order chi connectivity index (χ0) is 19.2. The predicted molar refractivity (Wildman–Crippen MR) is 98.5 cm³/mol. The molecule has 9 heteroatoms. The highest BCUT2D eigenvalue weighted by molar-refractivity contribution is 5.97. The molecule has 3 heterocycles. The predicted octanol–water partition coefficient (Wildman–Crippen LogP) is 1.75. The number of nitrogen functional groups attached to an aromatic ring is 1. The fourth-order valence-corrected chi connectivity index (χ4v) is 3.71. The van der Waals surface area contributed by atoms with Crippen molar-refractivity contribution in [1.82, 2.24) is 19.9 Å². The van der Waals surface area contributed by atoms with Crippen molar-refractivity contribution in [3.8, 4) is 0 Å². The van der Waals surface area contributed by atoms with E-state index >= 15 is 0 Å². The summed E-state index contributed by atoms with van der Waals surface area (Å²) in [4.78, 5) is 33.6. The van der Waals surface area contributed by atoms with Gasteiger partial charge in [0, 0.05) is 12.5 Å². The summed E-state index contributed by atoms with van der Waals surface area (Å²) in [5.41, 5.74) is 5.07. The summed E-state index contributed by atoms with van der Waals surface area (Å²) in [6.45, 7) is 1.73. The lowest BCUT2D eigenvalue weighted by Crippen LogP contribution is -2.47. The minimum Gasteiger partial charge on any atom is -0.384 e. The molecule has 4 N–H and O–H groups in total. The fraction of sp³-hybridized carbons (Fsp3) is 0.333. The first-order chi connectivity index (χ1) is 12.9. The highest BCUT2D eigenvalue weighted by atomic mass is 19.1. The molecular weight excluding hydrogens is 351 g/mol. The lowest BCUT2D eigenvalue weighted by molar-refractivity contribution is 0.0921. The molecule has 8 nitrogen and oxygen atoms in total. The van der Waals surface area contributed by atoms with Gasteiger partial charge in [-0.2, -0.15) is 0 Å². The molecular formula is C18H19FN6O2. The number of amides is 1. The zero-order valence-electron chi connectivity index (χ0n) is 14.7. The lowest BCUT2D eigenvalue weighted by Gasteiger charge is -2.29. The number of halogens is 1. The summed E-state index contributed by atoms with van der Waals surface area (Å²) < 4.78 is 15.7. The maximum Gasteiger partial charge on any atom is 0.277 e. The standard InChI is InChI=1S/C18H19FN6O2/c1-10-6-12(23-14-7-13(20)21-9-22-14)17(27)25-15(10)16(26)24-18(25)5-3-2-4-11(19)8-18/h3,5-7,9,11H,2,4,8H2,1H3,(H,24,26)(H3,20,21,22,23). The van der Waals surface area contributed by atoms with E-state index < -0.39 is 17.4 Å². The van der Waals surface area contributed by atoms with Gasteiger partial charge in [0.1, 0.15) is 41.2 Å². The van der Waals surface area contributed by atoms with Crippen molar-refractivity contribution >= 4 is 23.2 Å². The Balaban J connectivity index is 1.87. The summed E-state index contributed by atoms with van der Waals surface area (Å²) in [5, 5.41) is 5.74. The number of carbonyl (C=O) groups is 1. The van der Waals surface area contributed by atoms with Crippen LogP contribution in [0.25, 0.3) is 0 Å². The number of aryl methyl sites for hydroxylation is 1. The highest BCUT2D eigenvalue weighted by Crippen LogP contribution is 2.34. The van der Waals surface area contributed by atoms with E-state index in [0.29, 0.717) is 24.2 Å². The third kappa shape index (κ3) is 2.84. The number of fused-ring (bicyclic) bond motifs is 2. The maximum absolute atomic E-state index is 14.3. The van der Waals surface area contributed by atoms with Gasteiger partial charge in [-0.25, -0.2) is 14.4 Å². The molecule has 27 heavy (non-hydrogen) atoms. The van der Waals surface area contributed by atoms with Gasteiger partial charge in [-0.05, 0) is 37.5 Å². The van der Waals surface area contributed by atoms with Crippen molar-refractivity contribution < 1.29 is 9.18 Å². The van der Waals surface area contributed by atoms with Crippen LogP contribution < -0.4 is 21.9 Å². The Hall–Kier alpha value is -3.23. The van der Waals surface area contributed by atoms with Crippen molar-refractivity contribution in [3.63, 3.8) is 0 Å². The van der Waals surface area contributed by atoms with Crippen LogP contribution in [-0.4, -0.2) is 26.6 Å². The van der Waals surface area contributed by atoms with Gasteiger partial charge in [0.05, 0.1) is 0 Å². The Morgan fingerprint density at radius 3 is 2.96 bits per heavy atom. The summed E-state index contributed by atoms with van der Waals surface area (Å²) in [6.07, 6.45) is 4.60. The van der Waals surface area contributed by atoms with Gasteiger partial charge in [0.2, 0.25) is 0 Å². The second-order valence-electron chi connectivity index (χ2n) is 6.84. The molecule has 0 fully saturated rings. The van der Waals surface area contributed by atoms with Gasteiger partial charge in [0.25, 0.3) is 11.5 Å². The minimum absolute atomic E-state index is 0.00545. The van der Waals surface area contributed by atoms with Crippen LogP contribution in [0.15, 0.2) is 35.4 Å². The third-order valence-corrected chi connectivity index (χ3v) is 4.86. The van der Waals surface area contributed by atoms with Crippen LogP contribution in [0.1, 0.15) is 35.3 Å². The average Bonchev–Trinajstić information content (AvgIpc) is 2.75. The number of hydrogen-bond donors (Lipinski definition) is 3. The Bertz CT molecular complexity index is 1020. The molecule has 2 aromatic rings. The molecule has 4 rings (SSSR count). The van der Waals surface area contributed by atoms with Crippen molar-refractivity contribution in [1.29, 1.82) is 0 Å². The van der Waals surface area contributed by atoms with Crippen molar-refractivity contribution in [2.24, 2.45) is 0 Å². The van der Waals surface area contributed by atoms with Gasteiger partial charge in [-0.1, -0.05) is 6.08 Å². The smallest absolute Gasteiger partial charge is 0.277 e. The molecule has 1 spiro atoms. The number of pyridine rings is 1. The molecule has 2 unspecified atom stereocenters. The van der Waals surface area contributed by atoms with Crippen LogP contribution in [0.4, 0.5) is 21.7 Å². The molecule has 0 aromatic carbocycles. The Morgan fingerprint density at radius 2 is 2.19 bits per heavy atom. The van der Waals surface area contributed by atoms with Crippen molar-refractivity contribution in [2.45, 2.75) is 38.0 Å². The SMILES string of the molecule is Cc1cc(Nc2cc(N)ncn2)c(=O)n2c1C(=O)NC21C=CCCC(F)C1. The molecule has 140 valence electrons. The molecule has 0 saturated heterocycles. The van der Waals surface area contributed by atoms with E-state index in [2.05, 4.69) is 20.6 Å². The van der Waals surface area contributed by atoms with E-state index in [1.807, 2.05) is 6.08 Å². The first-order valence-corrected chi connectivity index (χ1v) is 8.65. The van der Waals surface area contributed by atoms with E-state index in [1.165, 1.54) is 17.0 Å². The molecule has 0 bridgehead atoms. The van der Waals surface area contributed by atoms with Crippen LogP contribution in [0.2, 0.25) is 0 Å². The van der Waals surface area contributed by atoms with Crippen molar-refractivity contribution in [2.75, 3.05) is 11.1 Å². The monoisotopic (exact) mass is 370 g/mol. The molecule has 0 saturated carbocycles. The van der Waals surface area contributed by atoms with Crippen LogP contribution in [0, 0.1) is 6.92 Å². The number of carbonyl (C=O) groups excluding carboxylic acids is 1. The quantitative estimate of drug-likeness (QED) is 0.694. The minimum atomic E-state index is -1.20. The van der Waals surface area contributed by atoms with Crippen LogP contribution in [0.5, 0.6) is 0 Å². The second kappa shape index (κ2) is 6.19. The van der Waals surface area contributed by atoms with Gasteiger partial charge < -0.3 is 16.4 Å². The Labute approximate surface area is 154 Å². The third-order valence-electron chi connectivity index (χ3n) is 4.86. The second-order valence-corrected chi connectivity index (χ2v) is 6.84. The summed E-state index contributed by atoms with van der Waals surface area (Å²) in [5.74, 6) is 0.220. The average molecular weight is 370 g/mol. The first-order valence-electron chi connectivity index (χ1n) is 8.65.